The first kappa shape index (κ1) is 12.5. The van der Waals surface area contributed by atoms with Gasteiger partial charge < -0.3 is 5.11 Å². The molecule has 1 unspecified atom stereocenters. The number of benzene rings is 1. The Morgan fingerprint density at radius 1 is 1.53 bits per heavy atom. The van der Waals surface area contributed by atoms with E-state index in [1.807, 2.05) is 18.2 Å². The van der Waals surface area contributed by atoms with Gasteiger partial charge in [0.05, 0.1) is 4.87 Å². The summed E-state index contributed by atoms with van der Waals surface area (Å²) in [6.07, 6.45) is 1.80. The zero-order chi connectivity index (χ0) is 12.3. The molecule has 1 saturated heterocycles. The molecule has 3 nitrogen and oxygen atoms in total. The Hall–Kier alpha value is -1.00. The molecule has 0 saturated carbocycles. The standard InChI is InChI=1S/C13H17NO2S/c1-2-13(8-10-6-4-3-5-7-10)14-11(9-17-13)12(15)16/h3-7,11,14H,2,8-9H2,1H3,(H,15,16)/t11-,13?/m1/s1. The molecule has 1 aliphatic heterocycles. The van der Waals surface area contributed by atoms with Crippen LogP contribution in [-0.2, 0) is 11.2 Å². The minimum Gasteiger partial charge on any atom is -0.480 e. The Bertz CT molecular complexity index is 396. The Kier molecular flexibility index (Phi) is 3.74. The number of carboxylic acid groups (broad SMARTS) is 1. The van der Waals surface area contributed by atoms with Gasteiger partial charge in [-0.25, -0.2) is 0 Å². The molecule has 0 radical (unpaired) electrons. The first-order chi connectivity index (χ1) is 8.15. The largest absolute Gasteiger partial charge is 0.480 e. The SMILES string of the molecule is CCC1(Cc2ccccc2)N[C@@H](C(=O)O)CS1. The topological polar surface area (TPSA) is 49.3 Å². The van der Waals surface area contributed by atoms with Crippen molar-refractivity contribution in [3.8, 4) is 0 Å². The van der Waals surface area contributed by atoms with Crippen molar-refractivity contribution in [1.29, 1.82) is 0 Å². The molecule has 0 aliphatic carbocycles. The minimum absolute atomic E-state index is 0.121. The van der Waals surface area contributed by atoms with Gasteiger partial charge in [-0.05, 0) is 18.4 Å². The van der Waals surface area contributed by atoms with Crippen LogP contribution in [0, 0.1) is 0 Å². The molecule has 1 aromatic carbocycles. The van der Waals surface area contributed by atoms with Crippen LogP contribution in [0.3, 0.4) is 0 Å². The van der Waals surface area contributed by atoms with Crippen LogP contribution in [-0.4, -0.2) is 27.7 Å². The van der Waals surface area contributed by atoms with Gasteiger partial charge in [-0.2, -0.15) is 0 Å². The lowest BCUT2D eigenvalue weighted by atomic mass is 10.0. The minimum atomic E-state index is -0.749. The van der Waals surface area contributed by atoms with Gasteiger partial charge in [-0.1, -0.05) is 37.3 Å². The Labute approximate surface area is 106 Å². The summed E-state index contributed by atoms with van der Waals surface area (Å²) in [5.41, 5.74) is 1.25. The van der Waals surface area contributed by atoms with Gasteiger partial charge >= 0.3 is 5.97 Å². The lowest BCUT2D eigenvalue weighted by Crippen LogP contribution is -2.46. The van der Waals surface area contributed by atoms with Crippen molar-refractivity contribution in [2.75, 3.05) is 5.75 Å². The van der Waals surface area contributed by atoms with Crippen molar-refractivity contribution in [3.63, 3.8) is 0 Å². The molecule has 2 N–H and O–H groups in total. The molecule has 1 aliphatic rings. The molecule has 2 rings (SSSR count). The summed E-state index contributed by atoms with van der Waals surface area (Å²) in [5, 5.41) is 12.3. The van der Waals surface area contributed by atoms with Crippen LogP contribution in [0.4, 0.5) is 0 Å². The highest BCUT2D eigenvalue weighted by Crippen LogP contribution is 2.36. The first-order valence-electron chi connectivity index (χ1n) is 5.83. The van der Waals surface area contributed by atoms with Gasteiger partial charge in [0.1, 0.15) is 6.04 Å². The quantitative estimate of drug-likeness (QED) is 0.860. The Morgan fingerprint density at radius 3 is 2.76 bits per heavy atom. The molecular formula is C13H17NO2S. The second kappa shape index (κ2) is 5.10. The predicted octanol–water partition coefficient (Wildman–Crippen LogP) is 2.12. The zero-order valence-corrected chi connectivity index (χ0v) is 10.7. The molecule has 92 valence electrons. The van der Waals surface area contributed by atoms with E-state index < -0.39 is 12.0 Å². The second-order valence-corrected chi connectivity index (χ2v) is 5.76. The van der Waals surface area contributed by atoms with E-state index in [-0.39, 0.29) is 4.87 Å². The number of aliphatic carboxylic acids is 1. The van der Waals surface area contributed by atoms with Crippen molar-refractivity contribution in [2.24, 2.45) is 0 Å². The molecule has 0 spiro atoms. The van der Waals surface area contributed by atoms with Crippen molar-refractivity contribution in [1.82, 2.24) is 5.32 Å². The molecule has 1 heterocycles. The molecule has 1 aromatic rings. The van der Waals surface area contributed by atoms with E-state index in [1.54, 1.807) is 11.8 Å². The van der Waals surface area contributed by atoms with Gasteiger partial charge in [0, 0.05) is 5.75 Å². The van der Waals surface area contributed by atoms with Crippen LogP contribution in [0.1, 0.15) is 18.9 Å². The maximum absolute atomic E-state index is 11.0. The zero-order valence-electron chi connectivity index (χ0n) is 9.85. The third-order valence-electron chi connectivity index (χ3n) is 3.17. The number of thioether (sulfide) groups is 1. The van der Waals surface area contributed by atoms with Crippen LogP contribution < -0.4 is 5.32 Å². The van der Waals surface area contributed by atoms with E-state index in [0.29, 0.717) is 5.75 Å². The number of carbonyl (C=O) groups is 1. The van der Waals surface area contributed by atoms with Gasteiger partial charge in [-0.15, -0.1) is 11.8 Å². The van der Waals surface area contributed by atoms with Crippen LogP contribution in [0.15, 0.2) is 30.3 Å². The number of hydrogen-bond acceptors (Lipinski definition) is 3. The summed E-state index contributed by atoms with van der Waals surface area (Å²) in [6.45, 7) is 2.10. The van der Waals surface area contributed by atoms with Crippen molar-refractivity contribution in [3.05, 3.63) is 35.9 Å². The number of rotatable bonds is 4. The highest BCUT2D eigenvalue weighted by Gasteiger charge is 2.40. The number of carboxylic acids is 1. The monoisotopic (exact) mass is 251 g/mol. The predicted molar refractivity (Wildman–Crippen MR) is 70.2 cm³/mol. The molecule has 1 fully saturated rings. The van der Waals surface area contributed by atoms with Crippen LogP contribution >= 0.6 is 11.8 Å². The summed E-state index contributed by atoms with van der Waals surface area (Å²) >= 11 is 1.73. The van der Waals surface area contributed by atoms with Gasteiger partial charge in [0.25, 0.3) is 0 Å². The van der Waals surface area contributed by atoms with E-state index >= 15 is 0 Å². The third-order valence-corrected chi connectivity index (χ3v) is 4.77. The second-order valence-electron chi connectivity index (χ2n) is 4.36. The number of nitrogens with one attached hydrogen (secondary N) is 1. The molecule has 4 heteroatoms. The fourth-order valence-electron chi connectivity index (χ4n) is 2.13. The average molecular weight is 251 g/mol. The average Bonchev–Trinajstić information content (AvgIpc) is 2.76. The van der Waals surface area contributed by atoms with E-state index in [4.69, 9.17) is 5.11 Å². The van der Waals surface area contributed by atoms with Gasteiger partial charge in [0.2, 0.25) is 0 Å². The third kappa shape index (κ3) is 2.82. The van der Waals surface area contributed by atoms with Crippen molar-refractivity contribution in [2.45, 2.75) is 30.7 Å². The molecular weight excluding hydrogens is 234 g/mol. The summed E-state index contributed by atoms with van der Waals surface area (Å²) in [7, 11) is 0. The maximum atomic E-state index is 11.0. The number of hydrogen-bond donors (Lipinski definition) is 2. The van der Waals surface area contributed by atoms with Gasteiger partial charge in [-0.3, -0.25) is 10.1 Å². The lowest BCUT2D eigenvalue weighted by molar-refractivity contribution is -0.138. The molecule has 2 atom stereocenters. The highest BCUT2D eigenvalue weighted by atomic mass is 32.2. The fraction of sp³-hybridized carbons (Fsp3) is 0.462. The molecule has 0 aromatic heterocycles. The lowest BCUT2D eigenvalue weighted by Gasteiger charge is -2.28. The van der Waals surface area contributed by atoms with Crippen molar-refractivity contribution >= 4 is 17.7 Å². The van der Waals surface area contributed by atoms with E-state index in [2.05, 4.69) is 24.4 Å². The van der Waals surface area contributed by atoms with E-state index in [9.17, 15) is 4.79 Å². The van der Waals surface area contributed by atoms with Gasteiger partial charge in [0.15, 0.2) is 0 Å². The fourth-order valence-corrected chi connectivity index (χ4v) is 3.54. The van der Waals surface area contributed by atoms with Crippen LogP contribution in [0.5, 0.6) is 0 Å². The molecule has 0 amide bonds. The van der Waals surface area contributed by atoms with Crippen LogP contribution in [0.2, 0.25) is 0 Å². The molecule has 17 heavy (non-hydrogen) atoms. The molecule has 0 bridgehead atoms. The van der Waals surface area contributed by atoms with E-state index in [0.717, 1.165) is 12.8 Å². The first-order valence-corrected chi connectivity index (χ1v) is 6.82. The summed E-state index contributed by atoms with van der Waals surface area (Å²) in [4.78, 5) is 10.9. The normalized spacial score (nSPS) is 28.2. The highest BCUT2D eigenvalue weighted by molar-refractivity contribution is 8.01. The Balaban J connectivity index is 2.09. The summed E-state index contributed by atoms with van der Waals surface area (Å²) in [6, 6.07) is 9.81. The van der Waals surface area contributed by atoms with Crippen LogP contribution in [0.25, 0.3) is 0 Å². The Morgan fingerprint density at radius 2 is 2.24 bits per heavy atom. The van der Waals surface area contributed by atoms with E-state index in [1.165, 1.54) is 5.56 Å². The summed E-state index contributed by atoms with van der Waals surface area (Å²) in [5.74, 6) is -0.100. The summed E-state index contributed by atoms with van der Waals surface area (Å²) < 4.78 is 0. The smallest absolute Gasteiger partial charge is 0.321 e. The maximum Gasteiger partial charge on any atom is 0.321 e. The van der Waals surface area contributed by atoms with Crippen molar-refractivity contribution < 1.29 is 9.90 Å².